The van der Waals surface area contributed by atoms with Gasteiger partial charge in [0.25, 0.3) is 11.5 Å². The average molecular weight is 409 g/mol. The summed E-state index contributed by atoms with van der Waals surface area (Å²) in [5.41, 5.74) is 2.33. The maximum Gasteiger partial charge on any atom is 0.274 e. The molecule has 0 spiro atoms. The summed E-state index contributed by atoms with van der Waals surface area (Å²) in [4.78, 5) is 35.4. The minimum Gasteiger partial charge on any atom is -0.496 e. The summed E-state index contributed by atoms with van der Waals surface area (Å²) >= 11 is 0. The van der Waals surface area contributed by atoms with Crippen LogP contribution in [0.15, 0.2) is 23.1 Å². The van der Waals surface area contributed by atoms with E-state index in [9.17, 15) is 9.59 Å². The molecule has 1 aliphatic carbocycles. The van der Waals surface area contributed by atoms with Crippen molar-refractivity contribution in [3.05, 3.63) is 40.1 Å². The summed E-state index contributed by atoms with van der Waals surface area (Å²) in [6, 6.07) is 3.65. The van der Waals surface area contributed by atoms with Gasteiger partial charge in [-0.25, -0.2) is 4.98 Å². The van der Waals surface area contributed by atoms with E-state index in [0.717, 1.165) is 56.5 Å². The normalized spacial score (nSPS) is 18.2. The van der Waals surface area contributed by atoms with Crippen LogP contribution in [0.2, 0.25) is 0 Å². The standard InChI is InChI=1S/C23H28N4O3/c1-30-20-13-18-17(12-16(20)23(29)26-10-6-3-7-11-26)25-22(28)19-14-24-21(27(18)19)15-8-4-2-5-9-15/h12-15H,2-11H2,1H3,(H,25,28). The lowest BCUT2D eigenvalue weighted by atomic mass is 9.88. The van der Waals surface area contributed by atoms with Crippen molar-refractivity contribution in [2.75, 3.05) is 20.2 Å². The molecule has 1 saturated heterocycles. The lowest BCUT2D eigenvalue weighted by Gasteiger charge is -2.27. The molecule has 1 aromatic carbocycles. The molecule has 0 unspecified atom stereocenters. The molecular formula is C23H28N4O3. The first-order valence-corrected chi connectivity index (χ1v) is 11.1. The van der Waals surface area contributed by atoms with Gasteiger partial charge in [0.1, 0.15) is 17.1 Å². The molecule has 1 amide bonds. The highest BCUT2D eigenvalue weighted by atomic mass is 16.5. The van der Waals surface area contributed by atoms with Crippen molar-refractivity contribution in [1.82, 2.24) is 19.3 Å². The molecule has 30 heavy (non-hydrogen) atoms. The number of piperidine rings is 1. The molecule has 0 atom stereocenters. The van der Waals surface area contributed by atoms with Crippen LogP contribution >= 0.6 is 0 Å². The van der Waals surface area contributed by atoms with Crippen LogP contribution in [0.1, 0.15) is 73.5 Å². The molecule has 5 rings (SSSR count). The fourth-order valence-corrected chi connectivity index (χ4v) is 5.07. The maximum absolute atomic E-state index is 13.2. The largest absolute Gasteiger partial charge is 0.496 e. The van der Waals surface area contributed by atoms with E-state index in [0.29, 0.717) is 28.3 Å². The predicted molar refractivity (Wildman–Crippen MR) is 115 cm³/mol. The second-order valence-electron chi connectivity index (χ2n) is 8.55. The molecule has 2 fully saturated rings. The topological polar surface area (TPSA) is 79.7 Å². The molecule has 158 valence electrons. The first-order valence-electron chi connectivity index (χ1n) is 11.1. The van der Waals surface area contributed by atoms with Gasteiger partial charge in [0.15, 0.2) is 0 Å². The predicted octanol–water partition coefficient (Wildman–Crippen LogP) is 3.86. The minimum absolute atomic E-state index is 0.0347. The zero-order valence-corrected chi connectivity index (χ0v) is 17.4. The Morgan fingerprint density at radius 2 is 1.80 bits per heavy atom. The summed E-state index contributed by atoms with van der Waals surface area (Å²) in [5.74, 6) is 1.80. The van der Waals surface area contributed by atoms with Gasteiger partial charge in [-0.1, -0.05) is 19.3 Å². The van der Waals surface area contributed by atoms with E-state index >= 15 is 0 Å². The highest BCUT2D eigenvalue weighted by molar-refractivity contribution is 6.00. The molecule has 2 aromatic heterocycles. The van der Waals surface area contributed by atoms with Crippen LogP contribution in [-0.2, 0) is 0 Å². The number of imidazole rings is 1. The first-order chi connectivity index (χ1) is 14.7. The second-order valence-corrected chi connectivity index (χ2v) is 8.55. The molecule has 1 N–H and O–H groups in total. The number of fused-ring (bicyclic) bond motifs is 3. The van der Waals surface area contributed by atoms with E-state index < -0.39 is 0 Å². The van der Waals surface area contributed by atoms with Crippen molar-refractivity contribution in [2.24, 2.45) is 0 Å². The Hall–Kier alpha value is -2.83. The number of hydrogen-bond acceptors (Lipinski definition) is 4. The van der Waals surface area contributed by atoms with Gasteiger partial charge in [0.2, 0.25) is 0 Å². The number of hydrogen-bond donors (Lipinski definition) is 1. The van der Waals surface area contributed by atoms with E-state index in [1.165, 1.54) is 19.3 Å². The number of carbonyl (C=O) groups is 1. The minimum atomic E-state index is -0.182. The maximum atomic E-state index is 13.2. The molecule has 7 nitrogen and oxygen atoms in total. The van der Waals surface area contributed by atoms with Crippen LogP contribution < -0.4 is 10.3 Å². The Kier molecular flexibility index (Phi) is 4.97. The van der Waals surface area contributed by atoms with Crippen molar-refractivity contribution < 1.29 is 9.53 Å². The number of likely N-dealkylation sites (tertiary alicyclic amines) is 1. The third-order valence-electron chi connectivity index (χ3n) is 6.67. The van der Waals surface area contributed by atoms with E-state index in [-0.39, 0.29) is 11.5 Å². The molecule has 2 aliphatic rings. The van der Waals surface area contributed by atoms with Crippen LogP contribution in [0, 0.1) is 0 Å². The SMILES string of the molecule is COc1cc2c(cc1C(=O)N1CCCCC1)[nH]c(=O)c1cnc(C3CCCCC3)n12. The number of carbonyl (C=O) groups excluding carboxylic acids is 1. The average Bonchev–Trinajstić information content (AvgIpc) is 3.25. The van der Waals surface area contributed by atoms with E-state index in [4.69, 9.17) is 4.74 Å². The third kappa shape index (κ3) is 3.16. The Labute approximate surface area is 175 Å². The number of amides is 1. The number of H-pyrrole nitrogens is 1. The van der Waals surface area contributed by atoms with E-state index in [1.807, 2.05) is 15.4 Å². The zero-order chi connectivity index (χ0) is 20.7. The molecule has 0 radical (unpaired) electrons. The number of benzene rings is 1. The summed E-state index contributed by atoms with van der Waals surface area (Å²) in [6.07, 6.45) is 10.7. The Morgan fingerprint density at radius 3 is 2.53 bits per heavy atom. The fourth-order valence-electron chi connectivity index (χ4n) is 5.07. The van der Waals surface area contributed by atoms with Crippen molar-refractivity contribution in [3.63, 3.8) is 0 Å². The quantitative estimate of drug-likeness (QED) is 0.714. The second kappa shape index (κ2) is 7.78. The van der Waals surface area contributed by atoms with Crippen LogP contribution in [-0.4, -0.2) is 45.4 Å². The molecule has 3 aromatic rings. The molecule has 1 aliphatic heterocycles. The number of rotatable bonds is 3. The van der Waals surface area contributed by atoms with Gasteiger partial charge < -0.3 is 14.6 Å². The van der Waals surface area contributed by atoms with Gasteiger partial charge >= 0.3 is 0 Å². The highest BCUT2D eigenvalue weighted by Gasteiger charge is 2.25. The molecule has 7 heteroatoms. The van der Waals surface area contributed by atoms with Gasteiger partial charge in [0, 0.05) is 25.1 Å². The van der Waals surface area contributed by atoms with Crippen LogP contribution in [0.3, 0.4) is 0 Å². The van der Waals surface area contributed by atoms with Crippen molar-refractivity contribution >= 4 is 22.5 Å². The Morgan fingerprint density at radius 1 is 1.07 bits per heavy atom. The van der Waals surface area contributed by atoms with Gasteiger partial charge in [-0.2, -0.15) is 0 Å². The lowest BCUT2D eigenvalue weighted by molar-refractivity contribution is 0.0721. The summed E-state index contributed by atoms with van der Waals surface area (Å²) in [7, 11) is 1.59. The molecule has 0 bridgehead atoms. The number of aromatic nitrogens is 3. The van der Waals surface area contributed by atoms with Crippen LogP contribution in [0.25, 0.3) is 16.6 Å². The zero-order valence-electron chi connectivity index (χ0n) is 17.4. The third-order valence-corrected chi connectivity index (χ3v) is 6.67. The van der Waals surface area contributed by atoms with E-state index in [2.05, 4.69) is 9.97 Å². The summed E-state index contributed by atoms with van der Waals surface area (Å²) in [5, 5.41) is 0. The fraction of sp³-hybridized carbons (Fsp3) is 0.522. The Balaban J connectivity index is 1.68. The first kappa shape index (κ1) is 19.2. The van der Waals surface area contributed by atoms with E-state index in [1.54, 1.807) is 19.4 Å². The van der Waals surface area contributed by atoms with Crippen molar-refractivity contribution in [3.8, 4) is 5.75 Å². The van der Waals surface area contributed by atoms with Crippen molar-refractivity contribution in [2.45, 2.75) is 57.3 Å². The number of nitrogens with one attached hydrogen (secondary N) is 1. The van der Waals surface area contributed by atoms with Crippen LogP contribution in [0.4, 0.5) is 0 Å². The summed E-state index contributed by atoms with van der Waals surface area (Å²) < 4.78 is 7.61. The Bertz CT molecular complexity index is 1150. The monoisotopic (exact) mass is 408 g/mol. The van der Waals surface area contributed by atoms with Gasteiger partial charge in [-0.15, -0.1) is 0 Å². The van der Waals surface area contributed by atoms with Gasteiger partial charge in [-0.3, -0.25) is 14.0 Å². The number of methoxy groups -OCH3 is 1. The number of aromatic amines is 1. The smallest absolute Gasteiger partial charge is 0.274 e. The van der Waals surface area contributed by atoms with Gasteiger partial charge in [0.05, 0.1) is 29.9 Å². The molecule has 3 heterocycles. The highest BCUT2D eigenvalue weighted by Crippen LogP contribution is 2.34. The number of ether oxygens (including phenoxy) is 1. The molecule has 1 saturated carbocycles. The van der Waals surface area contributed by atoms with Gasteiger partial charge in [-0.05, 0) is 38.2 Å². The number of nitrogens with zero attached hydrogens (tertiary/aromatic N) is 3. The lowest BCUT2D eigenvalue weighted by Crippen LogP contribution is -2.35. The van der Waals surface area contributed by atoms with Crippen LogP contribution in [0.5, 0.6) is 5.75 Å². The van der Waals surface area contributed by atoms with Crippen molar-refractivity contribution in [1.29, 1.82) is 0 Å². The summed E-state index contributed by atoms with van der Waals surface area (Å²) in [6.45, 7) is 1.53. The molecular weight excluding hydrogens is 380 g/mol.